The van der Waals surface area contributed by atoms with Crippen molar-refractivity contribution in [2.24, 2.45) is 0 Å². The highest BCUT2D eigenvalue weighted by Crippen LogP contribution is 2.50. The molecule has 126 valence electrons. The monoisotopic (exact) mass is 344 g/mol. The molecule has 2 aromatic carbocycles. The van der Waals surface area contributed by atoms with Gasteiger partial charge in [-0.15, -0.1) is 0 Å². The maximum absolute atomic E-state index is 12.8. The fourth-order valence-corrected chi connectivity index (χ4v) is 3.57. The van der Waals surface area contributed by atoms with Gasteiger partial charge in [-0.3, -0.25) is 0 Å². The van der Waals surface area contributed by atoms with Crippen molar-refractivity contribution in [3.63, 3.8) is 0 Å². The Kier molecular flexibility index (Phi) is 4.09. The van der Waals surface area contributed by atoms with Gasteiger partial charge in [0.05, 0.1) is 18.5 Å². The Morgan fingerprint density at radius 2 is 1.71 bits per heavy atom. The largest absolute Gasteiger partial charge is 0.497 e. The third-order valence-electron chi connectivity index (χ3n) is 3.43. The number of hydrogen-bond donors (Lipinski definition) is 1. The summed E-state index contributed by atoms with van der Waals surface area (Å²) in [5.74, 6) is 0.734. The smallest absolute Gasteiger partial charge is 0.419 e. The summed E-state index contributed by atoms with van der Waals surface area (Å²) in [5.41, 5.74) is 7.51. The van der Waals surface area contributed by atoms with E-state index in [2.05, 4.69) is 0 Å². The molecule has 0 aliphatic carbocycles. The van der Waals surface area contributed by atoms with Crippen molar-refractivity contribution in [1.82, 2.24) is 0 Å². The second kappa shape index (κ2) is 5.94. The Balaban J connectivity index is 2.12. The van der Waals surface area contributed by atoms with E-state index in [1.54, 1.807) is 29.8 Å². The van der Waals surface area contributed by atoms with Crippen LogP contribution in [0, 0.1) is 0 Å². The van der Waals surface area contributed by atoms with Crippen LogP contribution < -0.4 is 15.4 Å². The second-order valence-electron chi connectivity index (χ2n) is 6.48. The summed E-state index contributed by atoms with van der Waals surface area (Å²) < 4.78 is 10.9. The Hall–Kier alpha value is -2.34. The number of nitrogens with zero attached hydrogens (tertiary/aromatic N) is 1. The van der Waals surface area contributed by atoms with Crippen molar-refractivity contribution in [1.29, 1.82) is 0 Å². The molecule has 2 aromatic rings. The Bertz CT molecular complexity index is 799. The van der Waals surface area contributed by atoms with Crippen LogP contribution in [0.1, 0.15) is 20.8 Å². The normalized spacial score (nSPS) is 13.1. The third-order valence-corrected chi connectivity index (χ3v) is 4.52. The van der Waals surface area contributed by atoms with Gasteiger partial charge in [0, 0.05) is 15.5 Å². The van der Waals surface area contributed by atoms with Crippen LogP contribution in [-0.2, 0) is 4.74 Å². The number of benzene rings is 2. The summed E-state index contributed by atoms with van der Waals surface area (Å²) in [6.45, 7) is 5.55. The first-order chi connectivity index (χ1) is 11.3. The molecule has 0 aromatic heterocycles. The molecule has 6 heteroatoms. The number of ether oxygens (including phenoxy) is 2. The van der Waals surface area contributed by atoms with Crippen LogP contribution in [0.5, 0.6) is 5.75 Å². The highest BCUT2D eigenvalue weighted by atomic mass is 32.2. The van der Waals surface area contributed by atoms with Gasteiger partial charge in [-0.05, 0) is 57.2 Å². The number of nitrogens with two attached hydrogens (primary N) is 1. The number of methoxy groups -OCH3 is 1. The van der Waals surface area contributed by atoms with Crippen LogP contribution >= 0.6 is 11.8 Å². The quantitative estimate of drug-likeness (QED) is 0.752. The lowest BCUT2D eigenvalue weighted by atomic mass is 10.2. The van der Waals surface area contributed by atoms with E-state index in [9.17, 15) is 4.79 Å². The Morgan fingerprint density at radius 1 is 1.08 bits per heavy atom. The van der Waals surface area contributed by atoms with Crippen LogP contribution in [0.25, 0.3) is 0 Å². The van der Waals surface area contributed by atoms with E-state index in [0.29, 0.717) is 5.69 Å². The van der Waals surface area contributed by atoms with Crippen molar-refractivity contribution in [2.75, 3.05) is 17.7 Å². The minimum Gasteiger partial charge on any atom is -0.497 e. The van der Waals surface area contributed by atoms with Gasteiger partial charge >= 0.3 is 6.09 Å². The molecule has 0 saturated carbocycles. The molecule has 3 rings (SSSR count). The van der Waals surface area contributed by atoms with Crippen LogP contribution in [0.2, 0.25) is 0 Å². The van der Waals surface area contributed by atoms with E-state index < -0.39 is 11.7 Å². The number of hydrogen-bond acceptors (Lipinski definition) is 5. The molecule has 1 aliphatic rings. The highest BCUT2D eigenvalue weighted by Gasteiger charge is 2.32. The minimum atomic E-state index is -0.581. The number of fused-ring (bicyclic) bond motifs is 2. The molecule has 0 fully saturated rings. The molecule has 0 atom stereocenters. The molecule has 2 N–H and O–H groups in total. The topological polar surface area (TPSA) is 64.8 Å². The fourth-order valence-electron chi connectivity index (χ4n) is 2.44. The maximum atomic E-state index is 12.8. The molecule has 1 aliphatic heterocycles. The number of carbonyl (C=O) groups excluding carboxylic acids is 1. The number of nitrogen functional groups attached to an aromatic ring is 1. The van der Waals surface area contributed by atoms with Crippen LogP contribution in [0.4, 0.5) is 21.9 Å². The third kappa shape index (κ3) is 3.14. The van der Waals surface area contributed by atoms with Crippen molar-refractivity contribution in [3.8, 4) is 5.75 Å². The molecule has 24 heavy (non-hydrogen) atoms. The standard InChI is InChI=1S/C18H20N2O3S/c1-18(2,3)23-17(21)20-13-7-5-11(19)9-15(13)24-16-10-12(22-4)6-8-14(16)20/h5-10H,19H2,1-4H3. The summed E-state index contributed by atoms with van der Waals surface area (Å²) in [5, 5.41) is 0. The van der Waals surface area contributed by atoms with E-state index in [4.69, 9.17) is 15.2 Å². The molecular formula is C18H20N2O3S. The maximum Gasteiger partial charge on any atom is 0.419 e. The molecule has 1 heterocycles. The zero-order valence-corrected chi connectivity index (χ0v) is 14.9. The van der Waals surface area contributed by atoms with Gasteiger partial charge in [0.1, 0.15) is 11.4 Å². The van der Waals surface area contributed by atoms with Crippen molar-refractivity contribution in [3.05, 3.63) is 36.4 Å². The molecule has 0 radical (unpaired) electrons. The molecule has 0 saturated heterocycles. The van der Waals surface area contributed by atoms with Crippen LogP contribution in [-0.4, -0.2) is 18.8 Å². The summed E-state index contributed by atoms with van der Waals surface area (Å²) in [7, 11) is 1.62. The first-order valence-electron chi connectivity index (χ1n) is 7.57. The molecular weight excluding hydrogens is 324 g/mol. The van der Waals surface area contributed by atoms with Gasteiger partial charge in [-0.1, -0.05) is 11.8 Å². The van der Waals surface area contributed by atoms with E-state index in [1.807, 2.05) is 51.1 Å². The van der Waals surface area contributed by atoms with Gasteiger partial charge in [0.15, 0.2) is 0 Å². The zero-order valence-electron chi connectivity index (χ0n) is 14.1. The number of rotatable bonds is 1. The number of anilines is 3. The van der Waals surface area contributed by atoms with Gasteiger partial charge in [0.2, 0.25) is 0 Å². The number of amides is 1. The number of carbonyl (C=O) groups is 1. The van der Waals surface area contributed by atoms with E-state index >= 15 is 0 Å². The van der Waals surface area contributed by atoms with Crippen molar-refractivity contribution < 1.29 is 14.3 Å². The zero-order chi connectivity index (χ0) is 17.5. The van der Waals surface area contributed by atoms with E-state index in [0.717, 1.165) is 26.9 Å². The van der Waals surface area contributed by atoms with Crippen LogP contribution in [0.15, 0.2) is 46.2 Å². The lowest BCUT2D eigenvalue weighted by molar-refractivity contribution is 0.0597. The molecule has 0 unspecified atom stereocenters. The molecule has 0 spiro atoms. The predicted molar refractivity (Wildman–Crippen MR) is 96.3 cm³/mol. The SMILES string of the molecule is COc1ccc2c(c1)Sc1cc(N)ccc1N2C(=O)OC(C)(C)C. The fraction of sp³-hybridized carbons (Fsp3) is 0.278. The minimum absolute atomic E-state index is 0.416. The lowest BCUT2D eigenvalue weighted by Gasteiger charge is -2.33. The summed E-state index contributed by atoms with van der Waals surface area (Å²) in [6, 6.07) is 11.1. The Morgan fingerprint density at radius 3 is 2.33 bits per heavy atom. The van der Waals surface area contributed by atoms with Gasteiger partial charge in [-0.2, -0.15) is 0 Å². The average Bonchev–Trinajstić information content (AvgIpc) is 2.50. The average molecular weight is 344 g/mol. The van der Waals surface area contributed by atoms with Gasteiger partial charge < -0.3 is 15.2 Å². The molecule has 0 bridgehead atoms. The van der Waals surface area contributed by atoms with Crippen molar-refractivity contribution in [2.45, 2.75) is 36.2 Å². The van der Waals surface area contributed by atoms with Crippen molar-refractivity contribution >= 4 is 34.9 Å². The Labute approximate surface area is 145 Å². The van der Waals surface area contributed by atoms with Gasteiger partial charge in [-0.25, -0.2) is 9.69 Å². The predicted octanol–water partition coefficient (Wildman–Crippen LogP) is 4.82. The first kappa shape index (κ1) is 16.5. The summed E-state index contributed by atoms with van der Waals surface area (Å²) >= 11 is 1.56. The highest BCUT2D eigenvalue weighted by molar-refractivity contribution is 7.99. The van der Waals surface area contributed by atoms with Gasteiger partial charge in [0.25, 0.3) is 0 Å². The summed E-state index contributed by atoms with van der Waals surface area (Å²) in [4.78, 5) is 16.2. The van der Waals surface area contributed by atoms with E-state index in [1.165, 1.54) is 0 Å². The molecule has 5 nitrogen and oxygen atoms in total. The second-order valence-corrected chi connectivity index (χ2v) is 7.56. The van der Waals surface area contributed by atoms with Crippen LogP contribution in [0.3, 0.4) is 0 Å². The first-order valence-corrected chi connectivity index (χ1v) is 8.39. The summed E-state index contributed by atoms with van der Waals surface area (Å²) in [6.07, 6.45) is -0.416. The van der Waals surface area contributed by atoms with E-state index in [-0.39, 0.29) is 0 Å². The molecule has 1 amide bonds. The lowest BCUT2D eigenvalue weighted by Crippen LogP contribution is -2.35.